The van der Waals surface area contributed by atoms with Crippen molar-refractivity contribution in [3.05, 3.63) is 65.6 Å². The van der Waals surface area contributed by atoms with Crippen molar-refractivity contribution >= 4 is 79.8 Å². The smallest absolute Gasteiger partial charge is 0.286 e. The van der Waals surface area contributed by atoms with E-state index in [1.54, 1.807) is 23.0 Å². The zero-order chi connectivity index (χ0) is 21.8. The van der Waals surface area contributed by atoms with Crippen LogP contribution in [0.1, 0.15) is 22.7 Å². The number of hydrogen-bond donors (Lipinski definition) is 1. The molecule has 2 heterocycles. The first kappa shape index (κ1) is 23.6. The molecule has 0 saturated heterocycles. The second-order valence-electron chi connectivity index (χ2n) is 5.98. The highest BCUT2D eigenvalue weighted by atomic mass is 79.9. The van der Waals surface area contributed by atoms with Gasteiger partial charge in [-0.2, -0.15) is 5.10 Å². The predicted molar refractivity (Wildman–Crippen MR) is 121 cm³/mol. The molecule has 0 atom stereocenters. The Hall–Kier alpha value is -1.09. The Morgan fingerprint density at radius 2 is 1.77 bits per heavy atom. The van der Waals surface area contributed by atoms with Gasteiger partial charge in [0.25, 0.3) is 5.91 Å². The molecule has 0 spiro atoms. The van der Waals surface area contributed by atoms with E-state index in [0.717, 1.165) is 4.47 Å². The number of furan rings is 1. The zero-order valence-corrected chi connectivity index (χ0v) is 20.4. The third-order valence-electron chi connectivity index (χ3n) is 3.87. The summed E-state index contributed by atoms with van der Waals surface area (Å²) in [6.45, 7) is 1.10. The van der Waals surface area contributed by atoms with E-state index in [1.807, 2.05) is 6.20 Å². The number of aromatic nitrogens is 2. The van der Waals surface area contributed by atoms with E-state index in [9.17, 15) is 4.79 Å². The van der Waals surface area contributed by atoms with Gasteiger partial charge in [-0.3, -0.25) is 9.48 Å². The first-order valence-electron chi connectivity index (χ1n) is 8.47. The monoisotopic (exact) mass is 573 g/mol. The zero-order valence-electron chi connectivity index (χ0n) is 15.0. The van der Waals surface area contributed by atoms with Crippen molar-refractivity contribution in [2.24, 2.45) is 0 Å². The summed E-state index contributed by atoms with van der Waals surface area (Å²) in [6.07, 6.45) is 4.28. The summed E-state index contributed by atoms with van der Waals surface area (Å²) in [6, 6.07) is 3.15. The van der Waals surface area contributed by atoms with Gasteiger partial charge in [0.2, 0.25) is 0 Å². The van der Waals surface area contributed by atoms with Crippen molar-refractivity contribution in [3.8, 4) is 5.75 Å². The lowest BCUT2D eigenvalue weighted by Crippen LogP contribution is -2.24. The van der Waals surface area contributed by atoms with Gasteiger partial charge in [-0.1, -0.05) is 58.0 Å². The predicted octanol–water partition coefficient (Wildman–Crippen LogP) is 6.90. The van der Waals surface area contributed by atoms with Gasteiger partial charge in [0.1, 0.15) is 22.4 Å². The molecule has 0 fully saturated rings. The number of hydrogen-bond acceptors (Lipinski definition) is 4. The van der Waals surface area contributed by atoms with Crippen molar-refractivity contribution < 1.29 is 13.9 Å². The second-order valence-corrected chi connectivity index (χ2v) is 8.79. The maximum absolute atomic E-state index is 12.2. The topological polar surface area (TPSA) is 69.3 Å². The third kappa shape index (κ3) is 5.58. The molecule has 2 aromatic heterocycles. The van der Waals surface area contributed by atoms with Crippen molar-refractivity contribution in [1.29, 1.82) is 0 Å². The molecule has 1 amide bonds. The van der Waals surface area contributed by atoms with Gasteiger partial charge in [0, 0.05) is 19.3 Å². The minimum atomic E-state index is -0.337. The van der Waals surface area contributed by atoms with E-state index >= 15 is 0 Å². The van der Waals surface area contributed by atoms with Crippen molar-refractivity contribution in [3.63, 3.8) is 0 Å². The Morgan fingerprint density at radius 1 is 1.10 bits per heavy atom. The molecular weight excluding hydrogens is 563 g/mol. The Kier molecular flexibility index (Phi) is 8.24. The van der Waals surface area contributed by atoms with Crippen LogP contribution >= 0.6 is 73.9 Å². The Morgan fingerprint density at radius 3 is 2.40 bits per heavy atom. The molecule has 0 aliphatic carbocycles. The number of carbonyl (C=O) groups excluding carboxylic acids is 1. The number of amides is 1. The molecule has 6 nitrogen and oxygen atoms in total. The lowest BCUT2D eigenvalue weighted by Gasteiger charge is -2.12. The number of halogens is 6. The van der Waals surface area contributed by atoms with Gasteiger partial charge < -0.3 is 14.5 Å². The molecule has 1 N–H and O–H groups in total. The van der Waals surface area contributed by atoms with E-state index in [0.29, 0.717) is 25.3 Å². The molecule has 0 unspecified atom stereocenters. The number of nitrogens with zero attached hydrogens (tertiary/aromatic N) is 2. The summed E-state index contributed by atoms with van der Waals surface area (Å²) in [4.78, 5) is 12.2. The molecule has 0 radical (unpaired) electrons. The van der Waals surface area contributed by atoms with Gasteiger partial charge in [-0.25, -0.2) is 0 Å². The number of aryl methyl sites for hydroxylation is 1. The maximum Gasteiger partial charge on any atom is 0.286 e. The molecule has 0 aliphatic rings. The van der Waals surface area contributed by atoms with Crippen LogP contribution in [0.2, 0.25) is 25.1 Å². The largest absolute Gasteiger partial charge is 0.482 e. The number of carbonyl (C=O) groups is 1. The lowest BCUT2D eigenvalue weighted by atomic mass is 10.3. The Labute approximate surface area is 205 Å². The summed E-state index contributed by atoms with van der Waals surface area (Å²) in [5.74, 6) is 0.276. The van der Waals surface area contributed by atoms with E-state index in [-0.39, 0.29) is 49.1 Å². The molecule has 160 valence electrons. The number of rotatable bonds is 8. The number of nitrogens with one attached hydrogen (secondary N) is 1. The van der Waals surface area contributed by atoms with Crippen LogP contribution in [0.25, 0.3) is 0 Å². The molecule has 0 bridgehead atoms. The molecule has 3 rings (SSSR count). The molecule has 12 heteroatoms. The fourth-order valence-electron chi connectivity index (χ4n) is 2.42. The normalized spacial score (nSPS) is 11.0. The molecule has 3 aromatic rings. The average molecular weight is 576 g/mol. The highest BCUT2D eigenvalue weighted by Gasteiger charge is 2.21. The van der Waals surface area contributed by atoms with Crippen LogP contribution in [-0.4, -0.2) is 22.2 Å². The highest BCUT2D eigenvalue weighted by Crippen LogP contribution is 2.48. The van der Waals surface area contributed by atoms with Crippen LogP contribution in [-0.2, 0) is 13.2 Å². The molecular formula is C18H13BrCl5N3O3. The average Bonchev–Trinajstić information content (AvgIpc) is 3.37. The van der Waals surface area contributed by atoms with Crippen LogP contribution in [0.3, 0.4) is 0 Å². The minimum absolute atomic E-state index is 0.0321. The van der Waals surface area contributed by atoms with Crippen molar-refractivity contribution in [1.82, 2.24) is 15.1 Å². The lowest BCUT2D eigenvalue weighted by molar-refractivity contribution is 0.0921. The van der Waals surface area contributed by atoms with E-state index in [1.165, 1.54) is 0 Å². The molecule has 0 saturated carbocycles. The third-order valence-corrected chi connectivity index (χ3v) is 6.52. The van der Waals surface area contributed by atoms with Crippen LogP contribution in [0, 0.1) is 0 Å². The van der Waals surface area contributed by atoms with Crippen molar-refractivity contribution in [2.75, 3.05) is 6.54 Å². The van der Waals surface area contributed by atoms with E-state index in [2.05, 4.69) is 26.3 Å². The SMILES string of the molecule is O=C(NCCCn1cc(Br)cn1)c1ccc(COc2c(Cl)c(Cl)c(Cl)c(Cl)c2Cl)o1. The molecule has 1 aromatic carbocycles. The first-order chi connectivity index (χ1) is 14.3. The van der Waals surface area contributed by atoms with Gasteiger partial charge in [-0.05, 0) is 34.5 Å². The van der Waals surface area contributed by atoms with E-state index in [4.69, 9.17) is 67.2 Å². The summed E-state index contributed by atoms with van der Waals surface area (Å²) in [7, 11) is 0. The summed E-state index contributed by atoms with van der Waals surface area (Å²) >= 11 is 33.6. The standard InChI is InChI=1S/C18H13BrCl5N3O3/c19-9-6-26-27(7-9)5-1-4-25-18(28)11-3-2-10(30-11)8-29-17-15(23)13(21)12(20)14(22)16(17)24/h2-3,6-7H,1,4-5,8H2,(H,25,28). The second kappa shape index (κ2) is 10.5. The van der Waals surface area contributed by atoms with Gasteiger partial charge in [-0.15, -0.1) is 0 Å². The van der Waals surface area contributed by atoms with Crippen LogP contribution < -0.4 is 10.1 Å². The van der Waals surface area contributed by atoms with Crippen LogP contribution in [0.15, 0.2) is 33.4 Å². The fourth-order valence-corrected chi connectivity index (χ4v) is 3.98. The molecule has 0 aliphatic heterocycles. The van der Waals surface area contributed by atoms with Crippen molar-refractivity contribution in [2.45, 2.75) is 19.6 Å². The summed E-state index contributed by atoms with van der Waals surface area (Å²) < 4.78 is 13.8. The van der Waals surface area contributed by atoms with Crippen LogP contribution in [0.5, 0.6) is 5.75 Å². The number of benzene rings is 1. The first-order valence-corrected chi connectivity index (χ1v) is 11.1. The number of ether oxygens (including phenoxy) is 1. The van der Waals surface area contributed by atoms with Gasteiger partial charge in [0.05, 0.1) is 25.7 Å². The molecule has 30 heavy (non-hydrogen) atoms. The fraction of sp³-hybridized carbons (Fsp3) is 0.222. The highest BCUT2D eigenvalue weighted by molar-refractivity contribution is 9.10. The quantitative estimate of drug-likeness (QED) is 0.180. The van der Waals surface area contributed by atoms with Gasteiger partial charge >= 0.3 is 0 Å². The maximum atomic E-state index is 12.2. The van der Waals surface area contributed by atoms with Crippen LogP contribution in [0.4, 0.5) is 0 Å². The summed E-state index contributed by atoms with van der Waals surface area (Å²) in [5.41, 5.74) is 0. The summed E-state index contributed by atoms with van der Waals surface area (Å²) in [5, 5.41) is 7.10. The van der Waals surface area contributed by atoms with E-state index < -0.39 is 0 Å². The van der Waals surface area contributed by atoms with Gasteiger partial charge in [0.15, 0.2) is 11.5 Å². The Balaban J connectivity index is 1.53. The Bertz CT molecular complexity index is 1040. The minimum Gasteiger partial charge on any atom is -0.482 e.